The number of ether oxygens (including phenoxy) is 1. The zero-order valence-electron chi connectivity index (χ0n) is 14.6. The Kier molecular flexibility index (Phi) is 6.18. The fourth-order valence-corrected chi connectivity index (χ4v) is 2.78. The number of alkyl halides is 3. The maximum Gasteiger partial charge on any atom is 0.417 e. The third kappa shape index (κ3) is 5.14. The van der Waals surface area contributed by atoms with Gasteiger partial charge >= 0.3 is 6.18 Å². The van der Waals surface area contributed by atoms with E-state index in [0.717, 1.165) is 17.7 Å². The van der Waals surface area contributed by atoms with Crippen molar-refractivity contribution < 1.29 is 22.7 Å². The molecule has 7 heteroatoms. The fourth-order valence-electron chi connectivity index (χ4n) is 2.55. The van der Waals surface area contributed by atoms with Gasteiger partial charge in [-0.25, -0.2) is 0 Å². The van der Waals surface area contributed by atoms with Crippen molar-refractivity contribution in [2.24, 2.45) is 0 Å². The van der Waals surface area contributed by atoms with E-state index in [-0.39, 0.29) is 12.3 Å². The van der Waals surface area contributed by atoms with E-state index in [4.69, 9.17) is 16.3 Å². The van der Waals surface area contributed by atoms with Crippen LogP contribution in [0.25, 0.3) is 0 Å². The molecule has 0 spiro atoms. The smallest absolute Gasteiger partial charge is 0.417 e. The molecule has 2 rings (SSSR count). The number of carbonyl (C=O) groups excluding carboxylic acids is 1. The number of carbonyl (C=O) groups is 1. The second kappa shape index (κ2) is 7.99. The van der Waals surface area contributed by atoms with Crippen molar-refractivity contribution in [2.45, 2.75) is 32.9 Å². The monoisotopic (exact) mass is 385 g/mol. The van der Waals surface area contributed by atoms with Gasteiger partial charge in [0.05, 0.1) is 10.6 Å². The molecule has 3 nitrogen and oxygen atoms in total. The second-order valence-electron chi connectivity index (χ2n) is 6.20. The van der Waals surface area contributed by atoms with Crippen LogP contribution in [0.5, 0.6) is 5.75 Å². The summed E-state index contributed by atoms with van der Waals surface area (Å²) in [6.07, 6.45) is -4.59. The highest BCUT2D eigenvalue weighted by molar-refractivity contribution is 6.31. The Morgan fingerprint density at radius 1 is 1.19 bits per heavy atom. The summed E-state index contributed by atoms with van der Waals surface area (Å²) >= 11 is 5.55. The minimum Gasteiger partial charge on any atom is -0.484 e. The SMILES string of the molecule is Cc1cc(OCC(=O)Nc2ccc(Cl)c(C(F)(F)F)c2)ccc1C(C)C. The lowest BCUT2D eigenvalue weighted by Gasteiger charge is -2.13. The van der Waals surface area contributed by atoms with Crippen LogP contribution in [0.1, 0.15) is 36.5 Å². The van der Waals surface area contributed by atoms with Crippen LogP contribution in [0.15, 0.2) is 36.4 Å². The molecule has 0 bridgehead atoms. The first-order valence-corrected chi connectivity index (χ1v) is 8.35. The number of amides is 1. The van der Waals surface area contributed by atoms with Crippen LogP contribution in [0.2, 0.25) is 5.02 Å². The van der Waals surface area contributed by atoms with E-state index >= 15 is 0 Å². The molecule has 0 fully saturated rings. The summed E-state index contributed by atoms with van der Waals surface area (Å²) in [6.45, 7) is 5.80. The summed E-state index contributed by atoms with van der Waals surface area (Å²) in [5, 5.41) is 1.95. The molecule has 2 aromatic rings. The van der Waals surface area contributed by atoms with Crippen molar-refractivity contribution in [1.29, 1.82) is 0 Å². The predicted octanol–water partition coefficient (Wildman–Crippen LogP) is 5.81. The first-order chi connectivity index (χ1) is 12.1. The normalized spacial score (nSPS) is 11.5. The molecule has 0 aliphatic carbocycles. The van der Waals surface area contributed by atoms with Gasteiger partial charge in [0, 0.05) is 5.69 Å². The third-order valence-electron chi connectivity index (χ3n) is 3.79. The molecule has 0 saturated carbocycles. The van der Waals surface area contributed by atoms with Crippen LogP contribution in [-0.4, -0.2) is 12.5 Å². The van der Waals surface area contributed by atoms with E-state index in [1.54, 1.807) is 6.07 Å². The van der Waals surface area contributed by atoms with Gasteiger partial charge in [-0.3, -0.25) is 4.79 Å². The minimum absolute atomic E-state index is 0.00154. The maximum atomic E-state index is 12.8. The van der Waals surface area contributed by atoms with Crippen LogP contribution in [0.3, 0.4) is 0 Å². The van der Waals surface area contributed by atoms with Crippen molar-refractivity contribution in [3.8, 4) is 5.75 Å². The molecule has 140 valence electrons. The number of hydrogen-bond donors (Lipinski definition) is 1. The molecule has 0 aliphatic rings. The molecule has 0 unspecified atom stereocenters. The number of rotatable bonds is 5. The Hall–Kier alpha value is -2.21. The largest absolute Gasteiger partial charge is 0.484 e. The van der Waals surface area contributed by atoms with Crippen LogP contribution in [0, 0.1) is 6.92 Å². The van der Waals surface area contributed by atoms with Gasteiger partial charge in [-0.05, 0) is 54.3 Å². The fraction of sp³-hybridized carbons (Fsp3) is 0.316. The standard InChI is InChI=1S/C19H19ClF3NO2/c1-11(2)15-6-5-14(8-12(15)3)26-10-18(25)24-13-4-7-17(20)16(9-13)19(21,22)23/h4-9,11H,10H2,1-3H3,(H,24,25). The number of aryl methyl sites for hydroxylation is 1. The van der Waals surface area contributed by atoms with Crippen molar-refractivity contribution in [3.05, 3.63) is 58.1 Å². The molecule has 0 radical (unpaired) electrons. The molecule has 1 amide bonds. The van der Waals surface area contributed by atoms with Gasteiger partial charge in [0.15, 0.2) is 6.61 Å². The van der Waals surface area contributed by atoms with E-state index in [1.807, 2.05) is 19.1 Å². The Morgan fingerprint density at radius 3 is 2.46 bits per heavy atom. The minimum atomic E-state index is -4.59. The topological polar surface area (TPSA) is 38.3 Å². The lowest BCUT2D eigenvalue weighted by molar-refractivity contribution is -0.137. The highest BCUT2D eigenvalue weighted by Gasteiger charge is 2.33. The van der Waals surface area contributed by atoms with Crippen LogP contribution in [0.4, 0.5) is 18.9 Å². The van der Waals surface area contributed by atoms with Gasteiger partial charge < -0.3 is 10.1 Å². The third-order valence-corrected chi connectivity index (χ3v) is 4.12. The highest BCUT2D eigenvalue weighted by Crippen LogP contribution is 2.36. The van der Waals surface area contributed by atoms with Gasteiger partial charge in [0.25, 0.3) is 5.91 Å². The molecular formula is C19H19ClF3NO2. The number of halogens is 4. The first kappa shape index (κ1) is 20.1. The Bertz CT molecular complexity index is 804. The summed E-state index contributed by atoms with van der Waals surface area (Å²) < 4.78 is 43.9. The summed E-state index contributed by atoms with van der Waals surface area (Å²) in [5.41, 5.74) is 1.23. The summed E-state index contributed by atoms with van der Waals surface area (Å²) in [6, 6.07) is 8.71. The molecule has 2 aromatic carbocycles. The molecule has 0 aliphatic heterocycles. The van der Waals surface area contributed by atoms with Crippen molar-refractivity contribution in [2.75, 3.05) is 11.9 Å². The molecular weight excluding hydrogens is 367 g/mol. The van der Waals surface area contributed by atoms with E-state index in [1.165, 1.54) is 11.6 Å². The molecule has 0 atom stereocenters. The lowest BCUT2D eigenvalue weighted by atomic mass is 9.98. The van der Waals surface area contributed by atoms with Gasteiger partial charge in [0.1, 0.15) is 5.75 Å². The Labute approximate surface area is 155 Å². The van der Waals surface area contributed by atoms with Gasteiger partial charge in [-0.15, -0.1) is 0 Å². The number of hydrogen-bond acceptors (Lipinski definition) is 2. The molecule has 0 aromatic heterocycles. The molecule has 26 heavy (non-hydrogen) atoms. The zero-order chi connectivity index (χ0) is 19.5. The maximum absolute atomic E-state index is 12.8. The van der Waals surface area contributed by atoms with Crippen LogP contribution >= 0.6 is 11.6 Å². The van der Waals surface area contributed by atoms with E-state index in [9.17, 15) is 18.0 Å². The van der Waals surface area contributed by atoms with E-state index < -0.39 is 22.7 Å². The van der Waals surface area contributed by atoms with Crippen LogP contribution in [-0.2, 0) is 11.0 Å². The molecule has 1 N–H and O–H groups in total. The van der Waals surface area contributed by atoms with Gasteiger partial charge in [-0.2, -0.15) is 13.2 Å². The lowest BCUT2D eigenvalue weighted by Crippen LogP contribution is -2.20. The van der Waals surface area contributed by atoms with Crippen molar-refractivity contribution >= 4 is 23.2 Å². The van der Waals surface area contributed by atoms with Crippen molar-refractivity contribution in [1.82, 2.24) is 0 Å². The number of anilines is 1. The zero-order valence-corrected chi connectivity index (χ0v) is 15.3. The van der Waals surface area contributed by atoms with Gasteiger partial charge in [0.2, 0.25) is 0 Å². The summed E-state index contributed by atoms with van der Waals surface area (Å²) in [7, 11) is 0. The number of nitrogens with one attached hydrogen (secondary N) is 1. The highest BCUT2D eigenvalue weighted by atomic mass is 35.5. The molecule has 0 saturated heterocycles. The van der Waals surface area contributed by atoms with Crippen molar-refractivity contribution in [3.63, 3.8) is 0 Å². The Morgan fingerprint density at radius 2 is 1.88 bits per heavy atom. The molecule has 0 heterocycles. The summed E-state index contributed by atoms with van der Waals surface area (Å²) in [4.78, 5) is 11.9. The average Bonchev–Trinajstić information content (AvgIpc) is 2.53. The van der Waals surface area contributed by atoms with E-state index in [2.05, 4.69) is 19.2 Å². The average molecular weight is 386 g/mol. The number of benzene rings is 2. The van der Waals surface area contributed by atoms with E-state index in [0.29, 0.717) is 11.7 Å². The quantitative estimate of drug-likeness (QED) is 0.705. The predicted molar refractivity (Wildman–Crippen MR) is 95.8 cm³/mol. The first-order valence-electron chi connectivity index (χ1n) is 7.98. The van der Waals surface area contributed by atoms with Crippen LogP contribution < -0.4 is 10.1 Å². The second-order valence-corrected chi connectivity index (χ2v) is 6.61. The summed E-state index contributed by atoms with van der Waals surface area (Å²) in [5.74, 6) is 0.334. The van der Waals surface area contributed by atoms with Gasteiger partial charge in [-0.1, -0.05) is 31.5 Å². The Balaban J connectivity index is 2.00.